The molecule has 0 aromatic heterocycles. The van der Waals surface area contributed by atoms with Gasteiger partial charge in [0.2, 0.25) is 10.0 Å². The predicted octanol–water partition coefficient (Wildman–Crippen LogP) is -0.135. The Morgan fingerprint density at radius 1 is 1.53 bits per heavy atom. The fourth-order valence-electron chi connectivity index (χ4n) is 2.09. The average molecular weight is 264 g/mol. The molecule has 1 aliphatic rings. The molecule has 0 saturated carbocycles. The molecule has 2 N–H and O–H groups in total. The molecule has 1 rings (SSSR count). The number of rotatable bonds is 7. The zero-order valence-corrected chi connectivity index (χ0v) is 10.9. The van der Waals surface area contributed by atoms with Gasteiger partial charge in [-0.25, -0.2) is 8.42 Å². The minimum absolute atomic E-state index is 0.0230. The second-order valence-electron chi connectivity index (χ2n) is 4.16. The van der Waals surface area contributed by atoms with Gasteiger partial charge in [-0.1, -0.05) is 6.92 Å². The number of hydrogen-bond acceptors (Lipinski definition) is 4. The summed E-state index contributed by atoms with van der Waals surface area (Å²) in [5.74, 6) is -1.03. The predicted molar refractivity (Wildman–Crippen MR) is 64.3 cm³/mol. The van der Waals surface area contributed by atoms with Gasteiger partial charge in [0.15, 0.2) is 0 Å². The number of sulfonamides is 1. The van der Waals surface area contributed by atoms with Crippen molar-refractivity contribution in [2.75, 3.05) is 25.4 Å². The number of carbonyl (C=O) groups is 1. The highest BCUT2D eigenvalue weighted by Crippen LogP contribution is 2.14. The Hall–Kier alpha value is -0.660. The summed E-state index contributed by atoms with van der Waals surface area (Å²) >= 11 is 0. The van der Waals surface area contributed by atoms with Crippen molar-refractivity contribution in [1.29, 1.82) is 0 Å². The molecule has 1 fully saturated rings. The van der Waals surface area contributed by atoms with Crippen LogP contribution in [0.1, 0.15) is 26.2 Å². The summed E-state index contributed by atoms with van der Waals surface area (Å²) in [6, 6.07) is 0.0230. The zero-order valence-electron chi connectivity index (χ0n) is 10.1. The molecule has 6 nitrogen and oxygen atoms in total. The van der Waals surface area contributed by atoms with Gasteiger partial charge >= 0.3 is 5.97 Å². The highest BCUT2D eigenvalue weighted by Gasteiger charge is 2.30. The highest BCUT2D eigenvalue weighted by atomic mass is 32.2. The first kappa shape index (κ1) is 14.4. The van der Waals surface area contributed by atoms with E-state index < -0.39 is 16.0 Å². The van der Waals surface area contributed by atoms with Crippen LogP contribution >= 0.6 is 0 Å². The number of likely N-dealkylation sites (N-methyl/N-ethyl adjacent to an activating group) is 1. The maximum Gasteiger partial charge on any atom is 0.303 e. The summed E-state index contributed by atoms with van der Waals surface area (Å²) in [4.78, 5) is 10.4. The van der Waals surface area contributed by atoms with E-state index in [4.69, 9.17) is 5.11 Å². The molecule has 7 heteroatoms. The van der Waals surface area contributed by atoms with Crippen molar-refractivity contribution in [2.45, 2.75) is 32.2 Å². The van der Waals surface area contributed by atoms with E-state index in [1.54, 1.807) is 0 Å². The van der Waals surface area contributed by atoms with Crippen molar-refractivity contribution in [3.05, 3.63) is 0 Å². The molecule has 1 saturated heterocycles. The van der Waals surface area contributed by atoms with E-state index in [9.17, 15) is 13.2 Å². The van der Waals surface area contributed by atoms with Gasteiger partial charge < -0.3 is 10.4 Å². The smallest absolute Gasteiger partial charge is 0.303 e. The van der Waals surface area contributed by atoms with Gasteiger partial charge in [0.05, 0.1) is 5.75 Å². The molecule has 1 aliphatic heterocycles. The molecule has 0 aromatic rings. The summed E-state index contributed by atoms with van der Waals surface area (Å²) < 4.78 is 25.6. The first-order valence-corrected chi connectivity index (χ1v) is 7.50. The summed E-state index contributed by atoms with van der Waals surface area (Å²) in [6.07, 6.45) is 0.903. The first-order chi connectivity index (χ1) is 7.97. The molecule has 0 spiro atoms. The molecule has 17 heavy (non-hydrogen) atoms. The largest absolute Gasteiger partial charge is 0.481 e. The number of nitrogens with one attached hydrogen (secondary N) is 1. The molecule has 1 atom stereocenters. The molecular weight excluding hydrogens is 244 g/mol. The normalized spacial score (nSPS) is 20.9. The summed E-state index contributed by atoms with van der Waals surface area (Å²) in [7, 11) is -3.32. The number of carboxylic acids is 1. The first-order valence-electron chi connectivity index (χ1n) is 5.89. The van der Waals surface area contributed by atoms with E-state index >= 15 is 0 Å². The van der Waals surface area contributed by atoms with Crippen LogP contribution in [0, 0.1) is 0 Å². The van der Waals surface area contributed by atoms with E-state index in [1.807, 2.05) is 6.92 Å². The Morgan fingerprint density at radius 2 is 2.24 bits per heavy atom. The lowest BCUT2D eigenvalue weighted by atomic mass is 10.3. The van der Waals surface area contributed by atoms with E-state index in [-0.39, 0.29) is 24.6 Å². The second-order valence-corrected chi connectivity index (χ2v) is 6.20. The van der Waals surface area contributed by atoms with Gasteiger partial charge in [-0.05, 0) is 19.4 Å². The highest BCUT2D eigenvalue weighted by molar-refractivity contribution is 7.89. The van der Waals surface area contributed by atoms with Crippen LogP contribution < -0.4 is 5.32 Å². The molecule has 100 valence electrons. The van der Waals surface area contributed by atoms with Gasteiger partial charge in [-0.3, -0.25) is 4.79 Å². The Morgan fingerprint density at radius 3 is 2.71 bits per heavy atom. The monoisotopic (exact) mass is 264 g/mol. The van der Waals surface area contributed by atoms with Crippen LogP contribution in [0.25, 0.3) is 0 Å². The van der Waals surface area contributed by atoms with Crippen LogP contribution in [0.5, 0.6) is 0 Å². The van der Waals surface area contributed by atoms with Gasteiger partial charge in [0, 0.05) is 25.6 Å². The Labute approximate surface area is 102 Å². The van der Waals surface area contributed by atoms with Crippen LogP contribution in [-0.4, -0.2) is 55.2 Å². The van der Waals surface area contributed by atoms with Gasteiger partial charge in [0.1, 0.15) is 0 Å². The minimum Gasteiger partial charge on any atom is -0.481 e. The third-order valence-electron chi connectivity index (χ3n) is 2.90. The fraction of sp³-hybridized carbons (Fsp3) is 0.900. The van der Waals surface area contributed by atoms with Gasteiger partial charge in [-0.15, -0.1) is 0 Å². The second kappa shape index (κ2) is 6.32. The van der Waals surface area contributed by atoms with Crippen LogP contribution in [0.3, 0.4) is 0 Å². The zero-order chi connectivity index (χ0) is 12.9. The lowest BCUT2D eigenvalue weighted by Crippen LogP contribution is -2.42. The van der Waals surface area contributed by atoms with E-state index in [2.05, 4.69) is 5.32 Å². The molecule has 0 amide bonds. The van der Waals surface area contributed by atoms with Crippen molar-refractivity contribution in [2.24, 2.45) is 0 Å². The van der Waals surface area contributed by atoms with E-state index in [0.29, 0.717) is 13.1 Å². The standard InChI is InChI=1S/C10H20N2O4S/c1-2-12(9-5-6-11-8-9)17(15,16)7-3-4-10(13)14/h9,11H,2-8H2,1H3,(H,13,14). The Bertz CT molecular complexity index is 349. The van der Waals surface area contributed by atoms with Crippen molar-refractivity contribution >= 4 is 16.0 Å². The lowest BCUT2D eigenvalue weighted by Gasteiger charge is -2.26. The lowest BCUT2D eigenvalue weighted by molar-refractivity contribution is -0.137. The topological polar surface area (TPSA) is 86.7 Å². The molecule has 1 heterocycles. The summed E-state index contributed by atoms with van der Waals surface area (Å²) in [5, 5.41) is 11.6. The van der Waals surface area contributed by atoms with Crippen LogP contribution in [0.2, 0.25) is 0 Å². The molecule has 1 unspecified atom stereocenters. The third kappa shape index (κ3) is 4.25. The van der Waals surface area contributed by atoms with Crippen molar-refractivity contribution in [1.82, 2.24) is 9.62 Å². The van der Waals surface area contributed by atoms with Gasteiger partial charge in [-0.2, -0.15) is 4.31 Å². The minimum atomic E-state index is -3.32. The Kier molecular flexibility index (Phi) is 5.35. The van der Waals surface area contributed by atoms with Crippen molar-refractivity contribution < 1.29 is 18.3 Å². The number of hydrogen-bond donors (Lipinski definition) is 2. The number of carboxylic acid groups (broad SMARTS) is 1. The summed E-state index contributed by atoms with van der Waals surface area (Å²) in [5.41, 5.74) is 0. The maximum absolute atomic E-state index is 12.0. The number of aliphatic carboxylic acids is 1. The maximum atomic E-state index is 12.0. The summed E-state index contributed by atoms with van der Waals surface area (Å²) in [6.45, 7) is 3.78. The average Bonchev–Trinajstić information content (AvgIpc) is 2.70. The van der Waals surface area contributed by atoms with E-state index in [0.717, 1.165) is 13.0 Å². The molecule has 0 aromatic carbocycles. The van der Waals surface area contributed by atoms with Crippen LogP contribution in [0.15, 0.2) is 0 Å². The third-order valence-corrected chi connectivity index (χ3v) is 4.98. The molecule has 0 aliphatic carbocycles. The SMILES string of the molecule is CCN(C1CCNC1)S(=O)(=O)CCCC(=O)O. The number of nitrogens with zero attached hydrogens (tertiary/aromatic N) is 1. The van der Waals surface area contributed by atoms with Crippen molar-refractivity contribution in [3.8, 4) is 0 Å². The Balaban J connectivity index is 2.56. The van der Waals surface area contributed by atoms with E-state index in [1.165, 1.54) is 4.31 Å². The van der Waals surface area contributed by atoms with Gasteiger partial charge in [0.25, 0.3) is 0 Å². The molecule has 0 radical (unpaired) electrons. The fourth-order valence-corrected chi connectivity index (χ4v) is 3.86. The van der Waals surface area contributed by atoms with Crippen LogP contribution in [-0.2, 0) is 14.8 Å². The van der Waals surface area contributed by atoms with Crippen LogP contribution in [0.4, 0.5) is 0 Å². The molecule has 0 bridgehead atoms. The molecular formula is C10H20N2O4S. The quantitative estimate of drug-likeness (QED) is 0.668. The van der Waals surface area contributed by atoms with Crippen molar-refractivity contribution in [3.63, 3.8) is 0 Å².